The molecule has 1 spiro atoms. The van der Waals surface area contributed by atoms with Crippen molar-refractivity contribution in [2.75, 3.05) is 0 Å². The summed E-state index contributed by atoms with van der Waals surface area (Å²) >= 11 is 0. The Labute approximate surface area is 130 Å². The van der Waals surface area contributed by atoms with Crippen LogP contribution in [0.2, 0.25) is 0 Å². The van der Waals surface area contributed by atoms with Gasteiger partial charge in [-0.05, 0) is 45.5 Å². The largest absolute Gasteiger partial charge is 0.717 e. The van der Waals surface area contributed by atoms with Crippen molar-refractivity contribution in [3.8, 4) is 22.9 Å². The highest BCUT2D eigenvalue weighted by Gasteiger charge is 2.75. The van der Waals surface area contributed by atoms with E-state index in [1.165, 1.54) is 0 Å². The highest BCUT2D eigenvalue weighted by Crippen LogP contribution is 2.44. The van der Waals surface area contributed by atoms with Gasteiger partial charge in [-0.15, -0.1) is 0 Å². The summed E-state index contributed by atoms with van der Waals surface area (Å²) in [5, 5.41) is 2.32. The second-order valence-corrected chi connectivity index (χ2v) is 6.25. The summed E-state index contributed by atoms with van der Waals surface area (Å²) in [6.45, 7) is 0. The number of benzene rings is 2. The summed E-state index contributed by atoms with van der Waals surface area (Å²) in [4.78, 5) is 0. The molecular formula is C19H10N2O2+2. The molecule has 23 heavy (non-hydrogen) atoms. The average molecular weight is 298 g/mol. The van der Waals surface area contributed by atoms with Crippen molar-refractivity contribution in [2.45, 2.75) is 6.03 Å². The lowest BCUT2D eigenvalue weighted by Gasteiger charge is -2.07. The van der Waals surface area contributed by atoms with Gasteiger partial charge in [-0.1, -0.05) is 12.1 Å². The number of rotatable bonds is 0. The minimum Gasteiger partial charge on any atom is -0.333 e. The zero-order chi connectivity index (χ0) is 14.8. The maximum atomic E-state index is 6.39. The van der Waals surface area contributed by atoms with E-state index in [9.17, 15) is 0 Å². The molecule has 0 fully saturated rings. The van der Waals surface area contributed by atoms with E-state index in [0.717, 1.165) is 44.7 Å². The van der Waals surface area contributed by atoms with Crippen molar-refractivity contribution in [1.29, 1.82) is 0 Å². The van der Waals surface area contributed by atoms with Gasteiger partial charge in [-0.3, -0.25) is 0 Å². The van der Waals surface area contributed by atoms with Crippen molar-refractivity contribution in [1.82, 2.24) is 0 Å². The van der Waals surface area contributed by atoms with E-state index >= 15 is 0 Å². The fourth-order valence-corrected chi connectivity index (χ4v) is 4.30. The zero-order valence-electron chi connectivity index (χ0n) is 12.0. The maximum absolute atomic E-state index is 6.39. The van der Waals surface area contributed by atoms with E-state index in [1.54, 1.807) is 0 Å². The molecule has 0 aliphatic carbocycles. The molecule has 2 aromatic carbocycles. The van der Waals surface area contributed by atoms with Crippen LogP contribution in [0.15, 0.2) is 60.7 Å². The molecule has 4 aromatic rings. The molecule has 3 aliphatic heterocycles. The molecule has 4 nitrogen and oxygen atoms in total. The number of hydrogen-bond acceptors (Lipinski definition) is 2. The fraction of sp³-hybridized carbons (Fsp3) is 0.0526. The molecule has 0 radical (unpaired) electrons. The lowest BCUT2D eigenvalue weighted by Crippen LogP contribution is -2.72. The third-order valence-corrected chi connectivity index (χ3v) is 5.14. The lowest BCUT2D eigenvalue weighted by molar-refractivity contribution is -1.00. The monoisotopic (exact) mass is 298 g/mol. The van der Waals surface area contributed by atoms with E-state index in [4.69, 9.17) is 9.47 Å². The molecule has 4 heteroatoms. The van der Waals surface area contributed by atoms with Crippen LogP contribution in [0.25, 0.3) is 33.2 Å². The van der Waals surface area contributed by atoms with E-state index in [2.05, 4.69) is 45.5 Å². The van der Waals surface area contributed by atoms with Gasteiger partial charge in [0.1, 0.15) is 0 Å². The van der Waals surface area contributed by atoms with Crippen molar-refractivity contribution in [2.24, 2.45) is 0 Å². The van der Waals surface area contributed by atoms with Crippen LogP contribution >= 0.6 is 0 Å². The lowest BCUT2D eigenvalue weighted by atomic mass is 10.1. The Morgan fingerprint density at radius 3 is 1.65 bits per heavy atom. The van der Waals surface area contributed by atoms with E-state index in [0.29, 0.717) is 0 Å². The summed E-state index contributed by atoms with van der Waals surface area (Å²) in [6, 6.07) is 19.9. The Bertz CT molecular complexity index is 1130. The molecule has 0 amide bonds. The average Bonchev–Trinajstić information content (AvgIpc) is 3.16. The second kappa shape index (κ2) is 2.99. The smallest absolute Gasteiger partial charge is 0.333 e. The molecule has 0 bridgehead atoms. The normalized spacial score (nSPS) is 16.9. The Morgan fingerprint density at radius 2 is 1.13 bits per heavy atom. The number of pyridine rings is 2. The van der Waals surface area contributed by atoms with Crippen LogP contribution in [-0.4, -0.2) is 0 Å². The second-order valence-electron chi connectivity index (χ2n) is 6.25. The molecule has 5 heterocycles. The predicted octanol–water partition coefficient (Wildman–Crippen LogP) is 2.45. The van der Waals surface area contributed by atoms with Gasteiger partial charge in [0.2, 0.25) is 11.5 Å². The van der Waals surface area contributed by atoms with Crippen molar-refractivity contribution < 1.29 is 18.6 Å². The van der Waals surface area contributed by atoms with E-state index in [-0.39, 0.29) is 0 Å². The van der Waals surface area contributed by atoms with Crippen LogP contribution in [0.5, 0.6) is 11.5 Å². The summed E-state index contributed by atoms with van der Waals surface area (Å²) in [5.74, 6) is 1.74. The maximum Gasteiger partial charge on any atom is 0.717 e. The third kappa shape index (κ3) is 0.908. The van der Waals surface area contributed by atoms with Gasteiger partial charge in [-0.25, -0.2) is 0 Å². The summed E-state index contributed by atoms with van der Waals surface area (Å²) in [7, 11) is 0. The van der Waals surface area contributed by atoms with Gasteiger partial charge in [-0.2, -0.15) is 0 Å². The molecule has 0 N–H and O–H groups in total. The Morgan fingerprint density at radius 1 is 0.609 bits per heavy atom. The zero-order valence-corrected chi connectivity index (χ0v) is 12.0. The predicted molar refractivity (Wildman–Crippen MR) is 81.9 cm³/mol. The molecule has 7 rings (SSSR count). The van der Waals surface area contributed by atoms with Gasteiger partial charge in [0.25, 0.3) is 22.4 Å². The standard InChI is InChI=1S/C19H10N2O2/c1-3-11-7-9-13-14-10-8-12-4-2-6-16-18(12)21(14)19(23-16)20(13)17(11)15(5-1)22-19/h1-10H/q+2. The molecule has 0 saturated heterocycles. The highest BCUT2D eigenvalue weighted by atomic mass is 16.8. The molecule has 106 valence electrons. The van der Waals surface area contributed by atoms with E-state index in [1.807, 2.05) is 24.3 Å². The van der Waals surface area contributed by atoms with Gasteiger partial charge < -0.3 is 9.47 Å². The number of fused-ring (bicyclic) bond motifs is 1. The Balaban J connectivity index is 1.79. The van der Waals surface area contributed by atoms with Gasteiger partial charge in [0, 0.05) is 12.1 Å². The first kappa shape index (κ1) is 10.6. The molecule has 3 aliphatic rings. The minimum atomic E-state index is -0.947. The van der Waals surface area contributed by atoms with Gasteiger partial charge in [0.05, 0.1) is 10.8 Å². The van der Waals surface area contributed by atoms with Crippen LogP contribution in [0, 0.1) is 0 Å². The van der Waals surface area contributed by atoms with Crippen LogP contribution in [0.4, 0.5) is 0 Å². The number of para-hydroxylation sites is 2. The first-order chi connectivity index (χ1) is 11.4. The third-order valence-electron chi connectivity index (χ3n) is 5.14. The SMILES string of the molecule is c1cc2c3c(c1)ccc1[n+]3C3(O2)Oc2cccc4ccc-1[n+]3c24. The molecule has 2 aromatic heterocycles. The highest BCUT2D eigenvalue weighted by molar-refractivity contribution is 5.86. The van der Waals surface area contributed by atoms with Gasteiger partial charge in [0.15, 0.2) is 0 Å². The van der Waals surface area contributed by atoms with E-state index < -0.39 is 6.03 Å². The van der Waals surface area contributed by atoms with Gasteiger partial charge >= 0.3 is 6.03 Å². The van der Waals surface area contributed by atoms with Crippen molar-refractivity contribution in [3.63, 3.8) is 0 Å². The Kier molecular flexibility index (Phi) is 1.37. The van der Waals surface area contributed by atoms with Crippen LogP contribution < -0.4 is 18.6 Å². The van der Waals surface area contributed by atoms with Crippen LogP contribution in [-0.2, 0) is 6.03 Å². The molecular weight excluding hydrogens is 288 g/mol. The first-order valence-corrected chi connectivity index (χ1v) is 7.72. The Hall–Kier alpha value is -3.14. The minimum absolute atomic E-state index is 0.868. The summed E-state index contributed by atoms with van der Waals surface area (Å²) in [6.07, 6.45) is 0. The number of aromatic nitrogens is 2. The number of ether oxygens (including phenoxy) is 2. The van der Waals surface area contributed by atoms with Crippen molar-refractivity contribution in [3.05, 3.63) is 60.7 Å². The quantitative estimate of drug-likeness (QED) is 0.466. The first-order valence-electron chi connectivity index (χ1n) is 7.72. The molecule has 0 saturated carbocycles. The number of hydrogen-bond donors (Lipinski definition) is 0. The molecule has 0 unspecified atom stereocenters. The fourth-order valence-electron chi connectivity index (χ4n) is 4.30. The summed E-state index contributed by atoms with van der Waals surface area (Å²) < 4.78 is 17.2. The van der Waals surface area contributed by atoms with Crippen LogP contribution in [0.3, 0.4) is 0 Å². The topological polar surface area (TPSA) is 26.2 Å². The van der Waals surface area contributed by atoms with Crippen LogP contribution in [0.1, 0.15) is 0 Å². The molecule has 0 atom stereocenters. The number of nitrogens with zero attached hydrogens (tertiary/aromatic N) is 2. The van der Waals surface area contributed by atoms with Crippen molar-refractivity contribution >= 4 is 21.8 Å². The summed E-state index contributed by atoms with van der Waals surface area (Å²) in [5.41, 5.74) is 4.43.